The van der Waals surface area contributed by atoms with E-state index >= 15 is 0 Å². The van der Waals surface area contributed by atoms with E-state index in [0.717, 1.165) is 9.86 Å². The molecule has 0 spiro atoms. The summed E-state index contributed by atoms with van der Waals surface area (Å²) in [6.45, 7) is 0.239. The van der Waals surface area contributed by atoms with Gasteiger partial charge in [0.25, 0.3) is 5.91 Å². The molecular formula is C19H16BrNO6. The lowest BCUT2D eigenvalue weighted by Gasteiger charge is -2.13. The summed E-state index contributed by atoms with van der Waals surface area (Å²) >= 11 is 3.38. The van der Waals surface area contributed by atoms with E-state index in [9.17, 15) is 9.90 Å². The van der Waals surface area contributed by atoms with Crippen molar-refractivity contribution in [3.63, 3.8) is 0 Å². The first-order chi connectivity index (χ1) is 13.1. The second-order valence-corrected chi connectivity index (χ2v) is 6.90. The number of furan rings is 1. The quantitative estimate of drug-likeness (QED) is 0.620. The van der Waals surface area contributed by atoms with Gasteiger partial charge in [-0.25, -0.2) is 0 Å². The van der Waals surface area contributed by atoms with Crippen molar-refractivity contribution >= 4 is 32.8 Å². The van der Waals surface area contributed by atoms with Gasteiger partial charge in [-0.1, -0.05) is 15.9 Å². The summed E-state index contributed by atoms with van der Waals surface area (Å²) in [4.78, 5) is 12.2. The number of nitrogens with one attached hydrogen (secondary N) is 1. The van der Waals surface area contributed by atoms with E-state index in [1.54, 1.807) is 30.3 Å². The first-order valence-corrected chi connectivity index (χ1v) is 9.05. The molecule has 1 amide bonds. The van der Waals surface area contributed by atoms with Crippen molar-refractivity contribution < 1.29 is 28.5 Å². The summed E-state index contributed by atoms with van der Waals surface area (Å²) in [5.41, 5.74) is 0.620. The number of halogens is 1. The average molecular weight is 434 g/mol. The zero-order valence-electron chi connectivity index (χ0n) is 14.1. The van der Waals surface area contributed by atoms with Crippen LogP contribution in [0.4, 0.5) is 0 Å². The molecule has 27 heavy (non-hydrogen) atoms. The Hall–Kier alpha value is -2.71. The molecule has 2 heterocycles. The van der Waals surface area contributed by atoms with Crippen molar-refractivity contribution in [1.29, 1.82) is 0 Å². The van der Waals surface area contributed by atoms with Gasteiger partial charge in [0.05, 0.1) is 0 Å². The number of hydrogen-bond acceptors (Lipinski definition) is 6. The molecule has 0 radical (unpaired) electrons. The number of rotatable bonds is 6. The van der Waals surface area contributed by atoms with E-state index in [1.807, 2.05) is 12.1 Å². The van der Waals surface area contributed by atoms with E-state index in [-0.39, 0.29) is 25.7 Å². The van der Waals surface area contributed by atoms with Crippen molar-refractivity contribution in [2.45, 2.75) is 6.10 Å². The maximum absolute atomic E-state index is 12.2. The predicted octanol–water partition coefficient (Wildman–Crippen LogP) is 3.09. The third kappa shape index (κ3) is 4.01. The number of aliphatic hydroxyl groups excluding tert-OH is 1. The number of aliphatic hydroxyl groups is 1. The van der Waals surface area contributed by atoms with Gasteiger partial charge in [-0.2, -0.15) is 0 Å². The Kier molecular flexibility index (Phi) is 4.91. The summed E-state index contributed by atoms with van der Waals surface area (Å²) in [7, 11) is 0. The number of amides is 1. The van der Waals surface area contributed by atoms with Crippen molar-refractivity contribution in [3.8, 4) is 17.2 Å². The Morgan fingerprint density at radius 1 is 1.19 bits per heavy atom. The highest BCUT2D eigenvalue weighted by molar-refractivity contribution is 9.10. The summed E-state index contributed by atoms with van der Waals surface area (Å²) in [6, 6.07) is 12.3. The Labute approximate surface area is 162 Å². The molecule has 0 bridgehead atoms. The minimum Gasteiger partial charge on any atom is -0.491 e. The van der Waals surface area contributed by atoms with Crippen LogP contribution in [0.5, 0.6) is 17.2 Å². The molecule has 0 saturated heterocycles. The van der Waals surface area contributed by atoms with Crippen LogP contribution in [-0.2, 0) is 0 Å². The van der Waals surface area contributed by atoms with Crippen LogP contribution in [0.2, 0.25) is 0 Å². The first kappa shape index (κ1) is 17.7. The fourth-order valence-electron chi connectivity index (χ4n) is 2.64. The van der Waals surface area contributed by atoms with Crippen LogP contribution in [0.3, 0.4) is 0 Å². The van der Waals surface area contributed by atoms with Crippen LogP contribution in [0.1, 0.15) is 10.6 Å². The van der Waals surface area contributed by atoms with Crippen molar-refractivity contribution in [2.24, 2.45) is 0 Å². The number of ether oxygens (including phenoxy) is 3. The summed E-state index contributed by atoms with van der Waals surface area (Å²) in [5, 5.41) is 13.5. The molecule has 8 heteroatoms. The van der Waals surface area contributed by atoms with E-state index in [4.69, 9.17) is 18.6 Å². The molecule has 0 aliphatic carbocycles. The largest absolute Gasteiger partial charge is 0.491 e. The molecule has 4 rings (SSSR count). The zero-order valence-corrected chi connectivity index (χ0v) is 15.7. The Bertz CT molecular complexity index is 985. The Morgan fingerprint density at radius 2 is 2.04 bits per heavy atom. The normalized spacial score (nSPS) is 13.6. The molecule has 1 atom stereocenters. The van der Waals surface area contributed by atoms with Crippen LogP contribution in [0, 0.1) is 0 Å². The van der Waals surface area contributed by atoms with Crippen molar-refractivity contribution in [3.05, 3.63) is 52.7 Å². The van der Waals surface area contributed by atoms with Gasteiger partial charge >= 0.3 is 0 Å². The molecule has 1 unspecified atom stereocenters. The lowest BCUT2D eigenvalue weighted by atomic mass is 10.2. The lowest BCUT2D eigenvalue weighted by Crippen LogP contribution is -2.35. The minimum atomic E-state index is -0.877. The van der Waals surface area contributed by atoms with Gasteiger partial charge in [0.1, 0.15) is 24.0 Å². The van der Waals surface area contributed by atoms with Gasteiger partial charge in [0.15, 0.2) is 17.3 Å². The lowest BCUT2D eigenvalue weighted by molar-refractivity contribution is 0.0823. The molecule has 3 aromatic rings. The topological polar surface area (TPSA) is 90.2 Å². The van der Waals surface area contributed by atoms with Crippen LogP contribution in [0.25, 0.3) is 11.0 Å². The molecule has 1 aliphatic heterocycles. The van der Waals surface area contributed by atoms with Gasteiger partial charge in [-0.05, 0) is 36.4 Å². The third-order valence-corrected chi connectivity index (χ3v) is 4.48. The van der Waals surface area contributed by atoms with Gasteiger partial charge in [-0.15, -0.1) is 0 Å². The number of carbonyl (C=O) groups excluding carboxylic acids is 1. The SMILES string of the molecule is O=C(NCC(O)COc1ccc2c(c1)OCO2)c1cc2cc(Br)ccc2o1. The predicted molar refractivity (Wildman–Crippen MR) is 100 cm³/mol. The highest BCUT2D eigenvalue weighted by Gasteiger charge is 2.16. The molecule has 2 N–H and O–H groups in total. The molecule has 140 valence electrons. The number of carbonyl (C=O) groups is 1. The molecule has 2 aromatic carbocycles. The Morgan fingerprint density at radius 3 is 2.93 bits per heavy atom. The molecule has 7 nitrogen and oxygen atoms in total. The number of benzene rings is 2. The van der Waals surface area contributed by atoms with Gasteiger partial charge in [-0.3, -0.25) is 4.79 Å². The molecule has 0 fully saturated rings. The fourth-order valence-corrected chi connectivity index (χ4v) is 3.02. The number of hydrogen-bond donors (Lipinski definition) is 2. The van der Waals surface area contributed by atoms with E-state index in [0.29, 0.717) is 22.8 Å². The maximum Gasteiger partial charge on any atom is 0.287 e. The van der Waals surface area contributed by atoms with Crippen LogP contribution in [-0.4, -0.2) is 37.1 Å². The van der Waals surface area contributed by atoms with Crippen LogP contribution < -0.4 is 19.5 Å². The van der Waals surface area contributed by atoms with E-state index in [2.05, 4.69) is 21.2 Å². The average Bonchev–Trinajstić information content (AvgIpc) is 3.30. The van der Waals surface area contributed by atoms with Gasteiger partial charge < -0.3 is 29.1 Å². The Balaban J connectivity index is 1.29. The monoisotopic (exact) mass is 433 g/mol. The van der Waals surface area contributed by atoms with E-state index in [1.165, 1.54) is 0 Å². The van der Waals surface area contributed by atoms with Crippen LogP contribution in [0.15, 0.2) is 51.4 Å². The third-order valence-electron chi connectivity index (χ3n) is 3.99. The van der Waals surface area contributed by atoms with Gasteiger partial charge in [0.2, 0.25) is 6.79 Å². The maximum atomic E-state index is 12.2. The summed E-state index contributed by atoms with van der Waals surface area (Å²) in [5.74, 6) is 1.60. The van der Waals surface area contributed by atoms with Gasteiger partial charge in [0, 0.05) is 22.5 Å². The molecular weight excluding hydrogens is 418 g/mol. The van der Waals surface area contributed by atoms with Crippen LogP contribution >= 0.6 is 15.9 Å². The minimum absolute atomic E-state index is 0.0208. The standard InChI is InChI=1S/C19H16BrNO6/c20-12-1-3-15-11(5-12)6-18(27-15)19(23)21-8-13(22)9-24-14-2-4-16-17(7-14)26-10-25-16/h1-7,13,22H,8-10H2,(H,21,23). The second-order valence-electron chi connectivity index (χ2n) is 5.98. The zero-order chi connectivity index (χ0) is 18.8. The van der Waals surface area contributed by atoms with Crippen molar-refractivity contribution in [1.82, 2.24) is 5.32 Å². The van der Waals surface area contributed by atoms with E-state index < -0.39 is 12.0 Å². The first-order valence-electron chi connectivity index (χ1n) is 8.26. The molecule has 1 aliphatic rings. The summed E-state index contributed by atoms with van der Waals surface area (Å²) < 4.78 is 22.4. The highest BCUT2D eigenvalue weighted by Crippen LogP contribution is 2.35. The highest BCUT2D eigenvalue weighted by atomic mass is 79.9. The molecule has 0 saturated carbocycles. The smallest absolute Gasteiger partial charge is 0.287 e. The summed E-state index contributed by atoms with van der Waals surface area (Å²) in [6.07, 6.45) is -0.877. The fraction of sp³-hybridized carbons (Fsp3) is 0.211. The number of fused-ring (bicyclic) bond motifs is 2. The van der Waals surface area contributed by atoms with Crippen molar-refractivity contribution in [2.75, 3.05) is 19.9 Å². The molecule has 1 aromatic heterocycles. The second kappa shape index (κ2) is 7.50.